The molecule has 2 aromatic carbocycles. The highest BCUT2D eigenvalue weighted by Crippen LogP contribution is 2.33. The van der Waals surface area contributed by atoms with Gasteiger partial charge < -0.3 is 5.32 Å². The van der Waals surface area contributed by atoms with Crippen molar-refractivity contribution in [2.24, 2.45) is 0 Å². The molecule has 3 aromatic rings. The van der Waals surface area contributed by atoms with Crippen molar-refractivity contribution in [3.63, 3.8) is 0 Å². The quantitative estimate of drug-likeness (QED) is 0.698. The first-order chi connectivity index (χ1) is 11.2. The number of carbonyl (C=O) groups excluding carboxylic acids is 1. The van der Waals surface area contributed by atoms with E-state index in [0.29, 0.717) is 5.56 Å². The van der Waals surface area contributed by atoms with Crippen molar-refractivity contribution >= 4 is 23.4 Å². The SMILES string of the molecule is C[C@@H](Sc1ncn[nH]1)c1cccc(NC(=O)c2ccccc2)c1. The minimum Gasteiger partial charge on any atom is -0.322 e. The molecule has 3 rings (SSSR count). The Hall–Kier alpha value is -2.60. The van der Waals surface area contributed by atoms with Crippen molar-refractivity contribution in [3.8, 4) is 0 Å². The summed E-state index contributed by atoms with van der Waals surface area (Å²) < 4.78 is 0. The van der Waals surface area contributed by atoms with Crippen molar-refractivity contribution in [1.29, 1.82) is 0 Å². The van der Waals surface area contributed by atoms with Gasteiger partial charge in [0.15, 0.2) is 5.16 Å². The Morgan fingerprint density at radius 3 is 2.74 bits per heavy atom. The van der Waals surface area contributed by atoms with Crippen molar-refractivity contribution in [2.45, 2.75) is 17.3 Å². The Balaban J connectivity index is 1.71. The summed E-state index contributed by atoms with van der Waals surface area (Å²) in [5, 5.41) is 10.6. The third-order valence-electron chi connectivity index (χ3n) is 3.33. The van der Waals surface area contributed by atoms with Crippen LogP contribution in [-0.2, 0) is 0 Å². The van der Waals surface area contributed by atoms with Crippen molar-refractivity contribution in [3.05, 3.63) is 72.1 Å². The Labute approximate surface area is 138 Å². The minimum atomic E-state index is -0.113. The molecule has 2 N–H and O–H groups in total. The molecule has 23 heavy (non-hydrogen) atoms. The molecule has 0 unspecified atom stereocenters. The molecular formula is C17H16N4OS. The van der Waals surface area contributed by atoms with Gasteiger partial charge in [-0.05, 0) is 36.8 Å². The number of amides is 1. The second-order valence-corrected chi connectivity index (χ2v) is 6.33. The molecule has 0 aliphatic carbocycles. The number of carbonyl (C=O) groups is 1. The number of benzene rings is 2. The summed E-state index contributed by atoms with van der Waals surface area (Å²) in [6.07, 6.45) is 1.49. The van der Waals surface area contributed by atoms with Gasteiger partial charge in [-0.1, -0.05) is 42.1 Å². The summed E-state index contributed by atoms with van der Waals surface area (Å²) >= 11 is 1.59. The van der Waals surface area contributed by atoms with Crippen molar-refractivity contribution in [2.75, 3.05) is 5.32 Å². The number of nitrogens with zero attached hydrogens (tertiary/aromatic N) is 2. The van der Waals surface area contributed by atoms with Gasteiger partial charge in [0.25, 0.3) is 5.91 Å². The average molecular weight is 324 g/mol. The fraction of sp³-hybridized carbons (Fsp3) is 0.118. The second kappa shape index (κ2) is 7.11. The van der Waals surface area contributed by atoms with Crippen LogP contribution >= 0.6 is 11.8 Å². The number of aromatic amines is 1. The van der Waals surface area contributed by atoms with E-state index >= 15 is 0 Å². The molecule has 116 valence electrons. The van der Waals surface area contributed by atoms with Gasteiger partial charge in [-0.15, -0.1) is 0 Å². The van der Waals surface area contributed by atoms with E-state index < -0.39 is 0 Å². The number of aromatic nitrogens is 3. The van der Waals surface area contributed by atoms with Crippen LogP contribution in [0.4, 0.5) is 5.69 Å². The highest BCUT2D eigenvalue weighted by Gasteiger charge is 2.11. The van der Waals surface area contributed by atoms with Crippen LogP contribution in [0.2, 0.25) is 0 Å². The van der Waals surface area contributed by atoms with Crippen LogP contribution < -0.4 is 5.32 Å². The average Bonchev–Trinajstić information content (AvgIpc) is 3.09. The van der Waals surface area contributed by atoms with Gasteiger partial charge in [-0.2, -0.15) is 5.10 Å². The highest BCUT2D eigenvalue weighted by atomic mass is 32.2. The maximum Gasteiger partial charge on any atom is 0.255 e. The maximum absolute atomic E-state index is 12.2. The van der Waals surface area contributed by atoms with Crippen molar-refractivity contribution in [1.82, 2.24) is 15.2 Å². The highest BCUT2D eigenvalue weighted by molar-refractivity contribution is 7.99. The molecule has 0 aliphatic heterocycles. The zero-order chi connectivity index (χ0) is 16.1. The van der Waals surface area contributed by atoms with E-state index in [1.807, 2.05) is 42.5 Å². The largest absolute Gasteiger partial charge is 0.322 e. The van der Waals surface area contributed by atoms with Crippen LogP contribution in [0, 0.1) is 0 Å². The second-order valence-electron chi connectivity index (χ2n) is 5.00. The molecule has 1 amide bonds. The molecule has 6 heteroatoms. The van der Waals surface area contributed by atoms with Gasteiger partial charge in [0, 0.05) is 16.5 Å². The number of H-pyrrole nitrogens is 1. The fourth-order valence-corrected chi connectivity index (χ4v) is 2.98. The molecule has 0 bridgehead atoms. The summed E-state index contributed by atoms with van der Waals surface area (Å²) in [5.74, 6) is -0.113. The monoisotopic (exact) mass is 324 g/mol. The van der Waals surface area contributed by atoms with Crippen molar-refractivity contribution < 1.29 is 4.79 Å². The number of thioether (sulfide) groups is 1. The van der Waals surface area contributed by atoms with Crippen LogP contribution in [0.1, 0.15) is 28.1 Å². The lowest BCUT2D eigenvalue weighted by Gasteiger charge is -2.12. The Kier molecular flexibility index (Phi) is 4.73. The lowest BCUT2D eigenvalue weighted by atomic mass is 10.1. The van der Waals surface area contributed by atoms with Crippen LogP contribution in [-0.4, -0.2) is 21.1 Å². The minimum absolute atomic E-state index is 0.113. The van der Waals surface area contributed by atoms with Gasteiger partial charge in [-0.25, -0.2) is 4.98 Å². The number of nitrogens with one attached hydrogen (secondary N) is 2. The normalized spacial score (nSPS) is 11.9. The summed E-state index contributed by atoms with van der Waals surface area (Å²) in [6, 6.07) is 17.0. The molecule has 1 heterocycles. The molecule has 0 saturated heterocycles. The fourth-order valence-electron chi connectivity index (χ4n) is 2.15. The van der Waals surface area contributed by atoms with E-state index in [4.69, 9.17) is 0 Å². The smallest absolute Gasteiger partial charge is 0.255 e. The Morgan fingerprint density at radius 1 is 1.17 bits per heavy atom. The lowest BCUT2D eigenvalue weighted by molar-refractivity contribution is 0.102. The number of hydrogen-bond acceptors (Lipinski definition) is 4. The van der Waals surface area contributed by atoms with Crippen LogP contribution in [0.5, 0.6) is 0 Å². The van der Waals surface area contributed by atoms with Gasteiger partial charge in [0.05, 0.1) is 0 Å². The van der Waals surface area contributed by atoms with Gasteiger partial charge in [0.1, 0.15) is 6.33 Å². The molecule has 1 aromatic heterocycles. The first-order valence-corrected chi connectivity index (χ1v) is 8.09. The third kappa shape index (κ3) is 3.98. The zero-order valence-electron chi connectivity index (χ0n) is 12.6. The number of anilines is 1. The van der Waals surface area contributed by atoms with E-state index in [1.165, 1.54) is 6.33 Å². The topological polar surface area (TPSA) is 70.7 Å². The molecular weight excluding hydrogens is 308 g/mol. The first kappa shape index (κ1) is 15.3. The lowest BCUT2D eigenvalue weighted by Crippen LogP contribution is -2.11. The summed E-state index contributed by atoms with van der Waals surface area (Å²) in [6.45, 7) is 2.09. The molecule has 5 nitrogen and oxygen atoms in total. The first-order valence-electron chi connectivity index (χ1n) is 7.21. The van der Waals surface area contributed by atoms with E-state index in [2.05, 4.69) is 27.4 Å². The standard InChI is InChI=1S/C17H16N4OS/c1-12(23-17-18-11-19-21-17)14-8-5-9-15(10-14)20-16(22)13-6-3-2-4-7-13/h2-12H,1H3,(H,20,22)(H,18,19,21)/t12-/m1/s1. The Morgan fingerprint density at radius 2 is 2.00 bits per heavy atom. The number of hydrogen-bond donors (Lipinski definition) is 2. The Bertz CT molecular complexity index is 774. The predicted molar refractivity (Wildman–Crippen MR) is 91.5 cm³/mol. The molecule has 1 atom stereocenters. The third-order valence-corrected chi connectivity index (χ3v) is 4.38. The molecule has 0 fully saturated rings. The summed E-state index contributed by atoms with van der Waals surface area (Å²) in [4.78, 5) is 16.3. The predicted octanol–water partition coefficient (Wildman–Crippen LogP) is 3.91. The van der Waals surface area contributed by atoms with E-state index in [1.54, 1.807) is 23.9 Å². The molecule has 0 spiro atoms. The van der Waals surface area contributed by atoms with Crippen LogP contribution in [0.3, 0.4) is 0 Å². The van der Waals surface area contributed by atoms with E-state index in [9.17, 15) is 4.79 Å². The van der Waals surface area contributed by atoms with Crippen LogP contribution in [0.25, 0.3) is 0 Å². The zero-order valence-corrected chi connectivity index (χ0v) is 13.4. The van der Waals surface area contributed by atoms with Gasteiger partial charge >= 0.3 is 0 Å². The molecule has 0 radical (unpaired) electrons. The summed E-state index contributed by atoms with van der Waals surface area (Å²) in [5.41, 5.74) is 2.53. The van der Waals surface area contributed by atoms with Crippen LogP contribution in [0.15, 0.2) is 66.1 Å². The molecule has 0 aliphatic rings. The number of rotatable bonds is 5. The van der Waals surface area contributed by atoms with Gasteiger partial charge in [-0.3, -0.25) is 9.89 Å². The summed E-state index contributed by atoms with van der Waals surface area (Å²) in [7, 11) is 0. The van der Waals surface area contributed by atoms with Gasteiger partial charge in [0.2, 0.25) is 0 Å². The van der Waals surface area contributed by atoms with E-state index in [0.717, 1.165) is 16.4 Å². The maximum atomic E-state index is 12.2. The molecule has 0 saturated carbocycles. The van der Waals surface area contributed by atoms with E-state index in [-0.39, 0.29) is 11.2 Å².